The molecule has 0 spiro atoms. The highest BCUT2D eigenvalue weighted by atomic mass is 79.9. The molecule has 0 aliphatic carbocycles. The molecule has 1 N–H and O–H groups in total. The second-order valence-corrected chi connectivity index (χ2v) is 5.63. The van der Waals surface area contributed by atoms with Crippen molar-refractivity contribution in [1.82, 2.24) is 5.32 Å². The maximum Gasteiger partial charge on any atom is 0.126 e. The van der Waals surface area contributed by atoms with Crippen LogP contribution in [0.4, 0.5) is 4.39 Å². The number of hydrogen-bond donors (Lipinski definition) is 1. The standard InChI is InChI=1S/C13H13BrFNOS/c14-10-6-13(18-9-10)8-16-4-5-17-12-3-1-2-11(15)7-12/h1-3,6-7,9,16H,4-5,8H2. The summed E-state index contributed by atoms with van der Waals surface area (Å²) in [6.07, 6.45) is 0. The molecule has 0 fully saturated rings. The number of thiophene rings is 1. The Morgan fingerprint density at radius 3 is 2.94 bits per heavy atom. The van der Waals surface area contributed by atoms with Gasteiger partial charge >= 0.3 is 0 Å². The number of benzene rings is 1. The number of halogens is 2. The van der Waals surface area contributed by atoms with Crippen molar-refractivity contribution in [2.75, 3.05) is 13.2 Å². The van der Waals surface area contributed by atoms with Gasteiger partial charge in [-0.15, -0.1) is 11.3 Å². The highest BCUT2D eigenvalue weighted by Gasteiger charge is 1.98. The molecule has 96 valence electrons. The maximum atomic E-state index is 12.9. The highest BCUT2D eigenvalue weighted by Crippen LogP contribution is 2.19. The molecule has 0 saturated heterocycles. The molecule has 2 nitrogen and oxygen atoms in total. The maximum absolute atomic E-state index is 12.9. The van der Waals surface area contributed by atoms with E-state index in [4.69, 9.17) is 4.74 Å². The van der Waals surface area contributed by atoms with Crippen LogP contribution < -0.4 is 10.1 Å². The molecule has 2 rings (SSSR count). The highest BCUT2D eigenvalue weighted by molar-refractivity contribution is 9.10. The molecule has 18 heavy (non-hydrogen) atoms. The van der Waals surface area contributed by atoms with Crippen molar-refractivity contribution in [1.29, 1.82) is 0 Å². The van der Waals surface area contributed by atoms with Crippen LogP contribution in [-0.2, 0) is 6.54 Å². The van der Waals surface area contributed by atoms with E-state index < -0.39 is 0 Å². The lowest BCUT2D eigenvalue weighted by Crippen LogP contribution is -2.20. The second-order valence-electron chi connectivity index (χ2n) is 3.71. The molecule has 1 aromatic carbocycles. The molecule has 0 atom stereocenters. The van der Waals surface area contributed by atoms with Crippen molar-refractivity contribution in [3.63, 3.8) is 0 Å². The van der Waals surface area contributed by atoms with Crippen LogP contribution in [0.2, 0.25) is 0 Å². The molecule has 0 amide bonds. The zero-order chi connectivity index (χ0) is 12.8. The van der Waals surface area contributed by atoms with E-state index in [-0.39, 0.29) is 5.82 Å². The third kappa shape index (κ3) is 4.40. The second kappa shape index (κ2) is 6.87. The average Bonchev–Trinajstić information content (AvgIpc) is 2.75. The van der Waals surface area contributed by atoms with Crippen molar-refractivity contribution >= 4 is 27.3 Å². The van der Waals surface area contributed by atoms with Gasteiger partial charge in [-0.3, -0.25) is 0 Å². The van der Waals surface area contributed by atoms with Crippen molar-refractivity contribution in [3.8, 4) is 5.75 Å². The summed E-state index contributed by atoms with van der Waals surface area (Å²) >= 11 is 5.12. The largest absolute Gasteiger partial charge is 0.492 e. The summed E-state index contributed by atoms with van der Waals surface area (Å²) in [4.78, 5) is 1.27. The first-order valence-corrected chi connectivity index (χ1v) is 7.23. The molecule has 2 aromatic rings. The summed E-state index contributed by atoms with van der Waals surface area (Å²) in [5, 5.41) is 5.33. The zero-order valence-electron chi connectivity index (χ0n) is 9.66. The minimum absolute atomic E-state index is 0.274. The summed E-state index contributed by atoms with van der Waals surface area (Å²) < 4.78 is 19.4. The Morgan fingerprint density at radius 1 is 1.33 bits per heavy atom. The van der Waals surface area contributed by atoms with Gasteiger partial charge in [0.1, 0.15) is 18.2 Å². The van der Waals surface area contributed by atoms with Gasteiger partial charge in [0, 0.05) is 33.9 Å². The summed E-state index contributed by atoms with van der Waals surface area (Å²) in [5.41, 5.74) is 0. The molecule has 1 heterocycles. The van der Waals surface area contributed by atoms with Crippen molar-refractivity contribution in [2.24, 2.45) is 0 Å². The Balaban J connectivity index is 1.64. The van der Waals surface area contributed by atoms with Crippen LogP contribution in [-0.4, -0.2) is 13.2 Å². The van der Waals surface area contributed by atoms with Gasteiger partial charge in [-0.2, -0.15) is 0 Å². The summed E-state index contributed by atoms with van der Waals surface area (Å²) in [6.45, 7) is 2.07. The first kappa shape index (κ1) is 13.5. The van der Waals surface area contributed by atoms with E-state index in [1.54, 1.807) is 23.5 Å². The number of nitrogens with one attached hydrogen (secondary N) is 1. The molecular formula is C13H13BrFNOS. The fourth-order valence-electron chi connectivity index (χ4n) is 1.46. The number of ether oxygens (including phenoxy) is 1. The number of hydrogen-bond acceptors (Lipinski definition) is 3. The Labute approximate surface area is 118 Å². The third-order valence-corrected chi connectivity index (χ3v) is 3.96. The van der Waals surface area contributed by atoms with Crippen molar-refractivity contribution in [2.45, 2.75) is 6.54 Å². The van der Waals surface area contributed by atoms with E-state index in [1.807, 2.05) is 0 Å². The van der Waals surface area contributed by atoms with Crippen molar-refractivity contribution < 1.29 is 9.13 Å². The number of rotatable bonds is 6. The van der Waals surface area contributed by atoms with Crippen LogP contribution >= 0.6 is 27.3 Å². The topological polar surface area (TPSA) is 21.3 Å². The molecule has 0 bridgehead atoms. The Kier molecular flexibility index (Phi) is 5.16. The summed E-state index contributed by atoms with van der Waals surface area (Å²) in [6, 6.07) is 8.27. The Hall–Kier alpha value is -0.910. The summed E-state index contributed by atoms with van der Waals surface area (Å²) in [5.74, 6) is 0.291. The van der Waals surface area contributed by atoms with Crippen LogP contribution in [0, 0.1) is 5.82 Å². The fraction of sp³-hybridized carbons (Fsp3) is 0.231. The zero-order valence-corrected chi connectivity index (χ0v) is 12.1. The van der Waals surface area contributed by atoms with E-state index in [9.17, 15) is 4.39 Å². The average molecular weight is 330 g/mol. The van der Waals surface area contributed by atoms with Gasteiger partial charge in [-0.1, -0.05) is 6.07 Å². The van der Waals surface area contributed by atoms with Gasteiger partial charge < -0.3 is 10.1 Å². The van der Waals surface area contributed by atoms with E-state index in [0.717, 1.165) is 17.6 Å². The third-order valence-electron chi connectivity index (χ3n) is 2.26. The smallest absolute Gasteiger partial charge is 0.126 e. The van der Waals surface area contributed by atoms with E-state index >= 15 is 0 Å². The van der Waals surface area contributed by atoms with Crippen LogP contribution in [0.1, 0.15) is 4.88 Å². The van der Waals surface area contributed by atoms with E-state index in [0.29, 0.717) is 12.4 Å². The predicted octanol–water partition coefficient (Wildman–Crippen LogP) is 3.82. The molecule has 5 heteroatoms. The first-order valence-electron chi connectivity index (χ1n) is 5.56. The normalized spacial score (nSPS) is 10.6. The minimum Gasteiger partial charge on any atom is -0.492 e. The van der Waals surface area contributed by atoms with Crippen LogP contribution in [0.25, 0.3) is 0 Å². The van der Waals surface area contributed by atoms with E-state index in [1.165, 1.54) is 17.0 Å². The quantitative estimate of drug-likeness (QED) is 0.813. The molecule has 0 aliphatic rings. The van der Waals surface area contributed by atoms with Gasteiger partial charge in [-0.25, -0.2) is 4.39 Å². The lowest BCUT2D eigenvalue weighted by Gasteiger charge is -2.06. The fourth-order valence-corrected chi connectivity index (χ4v) is 2.88. The molecule has 0 radical (unpaired) electrons. The lowest BCUT2D eigenvalue weighted by molar-refractivity contribution is 0.312. The Bertz CT molecular complexity index is 503. The van der Waals surface area contributed by atoms with Gasteiger partial charge in [0.05, 0.1) is 0 Å². The molecule has 0 saturated carbocycles. The lowest BCUT2D eigenvalue weighted by atomic mass is 10.3. The summed E-state index contributed by atoms with van der Waals surface area (Å²) in [7, 11) is 0. The van der Waals surface area contributed by atoms with E-state index in [2.05, 4.69) is 32.7 Å². The van der Waals surface area contributed by atoms with Gasteiger partial charge in [0.15, 0.2) is 0 Å². The monoisotopic (exact) mass is 329 g/mol. The van der Waals surface area contributed by atoms with Gasteiger partial charge in [0.25, 0.3) is 0 Å². The predicted molar refractivity (Wildman–Crippen MR) is 75.6 cm³/mol. The van der Waals surface area contributed by atoms with Gasteiger partial charge in [-0.05, 0) is 34.1 Å². The Morgan fingerprint density at radius 2 is 2.22 bits per heavy atom. The van der Waals surface area contributed by atoms with Crippen LogP contribution in [0.3, 0.4) is 0 Å². The molecule has 0 aliphatic heterocycles. The first-order chi connectivity index (χ1) is 8.74. The van der Waals surface area contributed by atoms with Crippen LogP contribution in [0.5, 0.6) is 5.75 Å². The molecule has 1 aromatic heterocycles. The van der Waals surface area contributed by atoms with Gasteiger partial charge in [0.2, 0.25) is 0 Å². The molecule has 0 unspecified atom stereocenters. The van der Waals surface area contributed by atoms with Crippen molar-refractivity contribution in [3.05, 3.63) is 50.9 Å². The van der Waals surface area contributed by atoms with Crippen LogP contribution in [0.15, 0.2) is 40.2 Å². The SMILES string of the molecule is Fc1cccc(OCCNCc2cc(Br)cs2)c1. The minimum atomic E-state index is -0.274. The molecular weight excluding hydrogens is 317 g/mol.